The summed E-state index contributed by atoms with van der Waals surface area (Å²) in [5.74, 6) is 0. The Labute approximate surface area is 102 Å². The molecule has 0 unspecified atom stereocenters. The van der Waals surface area contributed by atoms with Gasteiger partial charge in [-0.15, -0.1) is 0 Å². The van der Waals surface area contributed by atoms with Gasteiger partial charge in [-0.2, -0.15) is 0 Å². The van der Waals surface area contributed by atoms with Crippen molar-refractivity contribution in [3.63, 3.8) is 0 Å². The van der Waals surface area contributed by atoms with Crippen molar-refractivity contribution in [2.45, 2.75) is 32.7 Å². The molecule has 0 aliphatic rings. The van der Waals surface area contributed by atoms with Crippen LogP contribution < -0.4 is 10.6 Å². The fourth-order valence-corrected chi connectivity index (χ4v) is 1.35. The van der Waals surface area contributed by atoms with Gasteiger partial charge in [0.1, 0.15) is 0 Å². The molecule has 0 atom stereocenters. The first-order valence-electron chi connectivity index (χ1n) is 5.25. The van der Waals surface area contributed by atoms with Gasteiger partial charge in [-0.3, -0.25) is 0 Å². The Bertz CT molecular complexity index is 251. The number of nitrogens with one attached hydrogen (secondary N) is 2. The topological polar surface area (TPSA) is 64.6 Å². The van der Waals surface area contributed by atoms with Gasteiger partial charge in [0.2, 0.25) is 0 Å². The van der Waals surface area contributed by atoms with Crippen molar-refractivity contribution in [2.24, 2.45) is 0 Å². The van der Waals surface area contributed by atoms with Crippen LogP contribution in [-0.4, -0.2) is 46.9 Å². The van der Waals surface area contributed by atoms with Crippen LogP contribution in [0.2, 0.25) is 0 Å². The Hall–Kier alpha value is -1.04. The monoisotopic (exact) mass is 247 g/mol. The maximum absolute atomic E-state index is 11.0. The third-order valence-electron chi connectivity index (χ3n) is 2.11. The summed E-state index contributed by atoms with van der Waals surface area (Å²) in [4.78, 5) is 12.4. The normalized spacial score (nSPS) is 10.8. The molecule has 94 valence electrons. The van der Waals surface area contributed by atoms with Crippen LogP contribution in [0.15, 0.2) is 0 Å². The Morgan fingerprint density at radius 1 is 1.44 bits per heavy atom. The molecule has 0 saturated carbocycles. The molecule has 0 aliphatic heterocycles. The van der Waals surface area contributed by atoms with Gasteiger partial charge < -0.3 is 20.6 Å². The van der Waals surface area contributed by atoms with Crippen molar-refractivity contribution in [1.29, 1.82) is 0 Å². The molecule has 0 aromatic heterocycles. The van der Waals surface area contributed by atoms with Gasteiger partial charge in [0.05, 0.1) is 0 Å². The maximum Gasteiger partial charge on any atom is 0.407 e. The lowest BCUT2D eigenvalue weighted by Gasteiger charge is -2.33. The SMILES string of the molecule is CNC(=S)NCCCN(C(=O)O)C(C)(C)C. The van der Waals surface area contributed by atoms with Gasteiger partial charge in [-0.25, -0.2) is 4.79 Å². The lowest BCUT2D eigenvalue weighted by atomic mass is 10.1. The summed E-state index contributed by atoms with van der Waals surface area (Å²) >= 11 is 4.91. The Morgan fingerprint density at radius 3 is 2.38 bits per heavy atom. The Balaban J connectivity index is 3.97. The zero-order chi connectivity index (χ0) is 12.8. The van der Waals surface area contributed by atoms with Gasteiger partial charge in [-0.1, -0.05) is 0 Å². The smallest absolute Gasteiger partial charge is 0.407 e. The summed E-state index contributed by atoms with van der Waals surface area (Å²) < 4.78 is 0. The van der Waals surface area contributed by atoms with Gasteiger partial charge in [0.15, 0.2) is 5.11 Å². The molecule has 3 N–H and O–H groups in total. The molecule has 0 radical (unpaired) electrons. The van der Waals surface area contributed by atoms with E-state index < -0.39 is 6.09 Å². The average molecular weight is 247 g/mol. The third-order valence-corrected chi connectivity index (χ3v) is 2.46. The molecule has 6 heteroatoms. The Morgan fingerprint density at radius 2 is 2.00 bits per heavy atom. The zero-order valence-corrected chi connectivity index (χ0v) is 11.1. The van der Waals surface area contributed by atoms with E-state index in [1.807, 2.05) is 20.8 Å². The minimum Gasteiger partial charge on any atom is -0.465 e. The second-order valence-corrected chi connectivity index (χ2v) is 4.87. The molecule has 1 amide bonds. The second kappa shape index (κ2) is 6.52. The summed E-state index contributed by atoms with van der Waals surface area (Å²) in [7, 11) is 1.74. The predicted octanol–water partition coefficient (Wildman–Crippen LogP) is 1.25. The number of amides is 1. The Kier molecular flexibility index (Phi) is 6.10. The fraction of sp³-hybridized carbons (Fsp3) is 0.800. The molecule has 0 aliphatic carbocycles. The van der Waals surface area contributed by atoms with Gasteiger partial charge in [-0.05, 0) is 39.4 Å². The van der Waals surface area contributed by atoms with Crippen molar-refractivity contribution >= 4 is 23.4 Å². The van der Waals surface area contributed by atoms with Crippen LogP contribution in [0.1, 0.15) is 27.2 Å². The first-order valence-corrected chi connectivity index (χ1v) is 5.66. The lowest BCUT2D eigenvalue weighted by Crippen LogP contribution is -2.46. The van der Waals surface area contributed by atoms with Crippen LogP contribution in [0.4, 0.5) is 4.79 Å². The van der Waals surface area contributed by atoms with Crippen LogP contribution in [-0.2, 0) is 0 Å². The molecule has 0 fully saturated rings. The van der Waals surface area contributed by atoms with E-state index in [9.17, 15) is 4.79 Å². The summed E-state index contributed by atoms with van der Waals surface area (Å²) in [6, 6.07) is 0. The summed E-state index contributed by atoms with van der Waals surface area (Å²) in [5, 5.41) is 15.4. The molecule has 0 saturated heterocycles. The number of rotatable bonds is 4. The first kappa shape index (κ1) is 15.0. The summed E-state index contributed by atoms with van der Waals surface area (Å²) in [6.45, 7) is 6.81. The van der Waals surface area contributed by atoms with Crippen molar-refractivity contribution in [3.05, 3.63) is 0 Å². The van der Waals surface area contributed by atoms with Gasteiger partial charge >= 0.3 is 6.09 Å². The summed E-state index contributed by atoms with van der Waals surface area (Å²) in [5.41, 5.74) is -0.366. The largest absolute Gasteiger partial charge is 0.465 e. The van der Waals surface area contributed by atoms with Crippen molar-refractivity contribution in [3.8, 4) is 0 Å². The predicted molar refractivity (Wildman–Crippen MR) is 68.8 cm³/mol. The van der Waals surface area contributed by atoms with E-state index in [0.717, 1.165) is 6.42 Å². The van der Waals surface area contributed by atoms with Crippen molar-refractivity contribution in [1.82, 2.24) is 15.5 Å². The molecule has 16 heavy (non-hydrogen) atoms. The van der Waals surface area contributed by atoms with E-state index in [1.54, 1.807) is 7.05 Å². The van der Waals surface area contributed by atoms with Crippen LogP contribution in [0, 0.1) is 0 Å². The van der Waals surface area contributed by atoms with E-state index in [0.29, 0.717) is 18.2 Å². The van der Waals surface area contributed by atoms with Gasteiger partial charge in [0.25, 0.3) is 0 Å². The number of thiocarbonyl (C=S) groups is 1. The highest BCUT2D eigenvalue weighted by Gasteiger charge is 2.25. The van der Waals surface area contributed by atoms with E-state index >= 15 is 0 Å². The minimum absolute atomic E-state index is 0.366. The highest BCUT2D eigenvalue weighted by atomic mass is 32.1. The number of nitrogens with zero attached hydrogens (tertiary/aromatic N) is 1. The van der Waals surface area contributed by atoms with Crippen LogP contribution in [0.5, 0.6) is 0 Å². The second-order valence-electron chi connectivity index (χ2n) is 4.46. The standard InChI is InChI=1S/C10H21N3O2S/c1-10(2,3)13(9(14)15)7-5-6-12-8(16)11-4/h5-7H2,1-4H3,(H,14,15)(H2,11,12,16). The highest BCUT2D eigenvalue weighted by Crippen LogP contribution is 2.13. The first-order chi connectivity index (χ1) is 7.29. The molecule has 0 rings (SSSR count). The molecule has 0 bridgehead atoms. The van der Waals surface area contributed by atoms with Crippen molar-refractivity contribution < 1.29 is 9.90 Å². The minimum atomic E-state index is -0.885. The quantitative estimate of drug-likeness (QED) is 0.515. The number of hydrogen-bond donors (Lipinski definition) is 3. The van der Waals surface area contributed by atoms with Crippen LogP contribution >= 0.6 is 12.2 Å². The van der Waals surface area contributed by atoms with E-state index in [-0.39, 0.29) is 5.54 Å². The van der Waals surface area contributed by atoms with Crippen molar-refractivity contribution in [2.75, 3.05) is 20.1 Å². The molecule has 0 aromatic carbocycles. The molecular weight excluding hydrogens is 226 g/mol. The molecule has 0 heterocycles. The van der Waals surface area contributed by atoms with Gasteiger partial charge in [0, 0.05) is 25.7 Å². The number of carboxylic acid groups (broad SMARTS) is 1. The zero-order valence-electron chi connectivity index (χ0n) is 10.3. The van der Waals surface area contributed by atoms with E-state index in [4.69, 9.17) is 17.3 Å². The number of hydrogen-bond acceptors (Lipinski definition) is 2. The van der Waals surface area contributed by atoms with Crippen LogP contribution in [0.25, 0.3) is 0 Å². The average Bonchev–Trinajstić information content (AvgIpc) is 2.14. The fourth-order valence-electron chi connectivity index (χ4n) is 1.25. The third kappa shape index (κ3) is 5.75. The maximum atomic E-state index is 11.0. The van der Waals surface area contributed by atoms with E-state index in [1.165, 1.54) is 4.90 Å². The molecule has 0 spiro atoms. The highest BCUT2D eigenvalue weighted by molar-refractivity contribution is 7.80. The molecule has 5 nitrogen and oxygen atoms in total. The molecule has 0 aromatic rings. The number of carbonyl (C=O) groups is 1. The lowest BCUT2D eigenvalue weighted by molar-refractivity contribution is 0.0998. The summed E-state index contributed by atoms with van der Waals surface area (Å²) in [6.07, 6.45) is -0.158. The van der Waals surface area contributed by atoms with Crippen LogP contribution in [0.3, 0.4) is 0 Å². The molecular formula is C10H21N3O2S. The van der Waals surface area contributed by atoms with E-state index in [2.05, 4.69) is 10.6 Å².